The summed E-state index contributed by atoms with van der Waals surface area (Å²) in [6.07, 6.45) is 4.42. The smallest absolute Gasteiger partial charge is 0.0991 e. The summed E-state index contributed by atoms with van der Waals surface area (Å²) >= 11 is 0. The van der Waals surface area contributed by atoms with Gasteiger partial charge in [-0.15, -0.1) is 0 Å². The zero-order valence-corrected chi connectivity index (χ0v) is 28.6. The van der Waals surface area contributed by atoms with Crippen molar-refractivity contribution >= 4 is 51.0 Å². The van der Waals surface area contributed by atoms with Gasteiger partial charge in [-0.05, 0) is 100 Å². The van der Waals surface area contributed by atoms with Crippen molar-refractivity contribution in [2.75, 3.05) is 4.90 Å². The van der Waals surface area contributed by atoms with Gasteiger partial charge in [0.05, 0.1) is 22.7 Å². The van der Waals surface area contributed by atoms with Gasteiger partial charge >= 0.3 is 0 Å². The van der Waals surface area contributed by atoms with Crippen LogP contribution in [0.2, 0.25) is 0 Å². The van der Waals surface area contributed by atoms with E-state index in [-0.39, 0.29) is 5.41 Å². The van der Waals surface area contributed by atoms with Gasteiger partial charge in [-0.2, -0.15) is 5.26 Å². The quantitative estimate of drug-likeness (QED) is 0.167. The van der Waals surface area contributed by atoms with Crippen LogP contribution < -0.4 is 4.90 Å². The Kier molecular flexibility index (Phi) is 7.19. The van der Waals surface area contributed by atoms with E-state index in [0.717, 1.165) is 22.6 Å². The molecule has 9 rings (SSSR count). The number of rotatable bonds is 6. The molecule has 0 saturated carbocycles. The molecule has 242 valence electrons. The van der Waals surface area contributed by atoms with Gasteiger partial charge in [0.2, 0.25) is 0 Å². The van der Waals surface area contributed by atoms with E-state index in [1.165, 1.54) is 55.3 Å². The summed E-state index contributed by atoms with van der Waals surface area (Å²) in [4.78, 5) is 2.21. The van der Waals surface area contributed by atoms with E-state index in [2.05, 4.69) is 163 Å². The monoisotopic (exact) mass is 653 g/mol. The van der Waals surface area contributed by atoms with Crippen LogP contribution >= 0.6 is 0 Å². The normalized spacial score (nSPS) is 13.0. The van der Waals surface area contributed by atoms with Crippen LogP contribution in [0.3, 0.4) is 0 Å². The highest BCUT2D eigenvalue weighted by Crippen LogP contribution is 2.53. The summed E-state index contributed by atoms with van der Waals surface area (Å²) in [6.45, 7) is 4.76. The summed E-state index contributed by atoms with van der Waals surface area (Å²) in [5, 5.41) is 11.9. The van der Waals surface area contributed by atoms with Crippen LogP contribution in [-0.2, 0) is 5.41 Å². The van der Waals surface area contributed by atoms with Crippen LogP contribution in [0, 0.1) is 11.3 Å². The lowest BCUT2D eigenvalue weighted by atomic mass is 9.81. The number of anilines is 3. The van der Waals surface area contributed by atoms with Gasteiger partial charge in [0, 0.05) is 38.9 Å². The first-order valence-corrected chi connectivity index (χ1v) is 17.4. The van der Waals surface area contributed by atoms with Gasteiger partial charge in [0.15, 0.2) is 0 Å². The van der Waals surface area contributed by atoms with Crippen molar-refractivity contribution in [2.45, 2.75) is 19.3 Å². The minimum absolute atomic E-state index is 0.192. The number of para-hydroxylation sites is 3. The minimum atomic E-state index is -0.192. The molecule has 0 fully saturated rings. The number of aromatic nitrogens is 1. The fourth-order valence-corrected chi connectivity index (χ4v) is 7.95. The van der Waals surface area contributed by atoms with Gasteiger partial charge in [-0.3, -0.25) is 0 Å². The Labute approximate surface area is 298 Å². The fourth-order valence-electron chi connectivity index (χ4n) is 7.95. The molecule has 3 heteroatoms. The first kappa shape index (κ1) is 30.4. The molecule has 0 N–H and O–H groups in total. The van der Waals surface area contributed by atoms with E-state index in [9.17, 15) is 5.26 Å². The zero-order chi connectivity index (χ0) is 34.5. The molecule has 0 spiro atoms. The maximum absolute atomic E-state index is 9.32. The zero-order valence-electron chi connectivity index (χ0n) is 28.6. The van der Waals surface area contributed by atoms with E-state index in [0.29, 0.717) is 5.56 Å². The van der Waals surface area contributed by atoms with E-state index in [4.69, 9.17) is 0 Å². The Morgan fingerprint density at radius 2 is 1.16 bits per heavy atom. The summed E-state index contributed by atoms with van der Waals surface area (Å²) in [6, 6.07) is 60.0. The molecule has 0 saturated heterocycles. The largest absolute Gasteiger partial charge is 0.311 e. The molecule has 1 aliphatic carbocycles. The van der Waals surface area contributed by atoms with Crippen molar-refractivity contribution in [3.05, 3.63) is 192 Å². The van der Waals surface area contributed by atoms with E-state index in [1.54, 1.807) is 0 Å². The van der Waals surface area contributed by atoms with Gasteiger partial charge < -0.3 is 9.47 Å². The van der Waals surface area contributed by atoms with E-state index < -0.39 is 0 Å². The van der Waals surface area contributed by atoms with Gasteiger partial charge in [0.25, 0.3) is 0 Å². The summed E-state index contributed by atoms with van der Waals surface area (Å²) in [5.74, 6) is 0. The van der Waals surface area contributed by atoms with Gasteiger partial charge in [-0.1, -0.05) is 123 Å². The van der Waals surface area contributed by atoms with Crippen molar-refractivity contribution < 1.29 is 0 Å². The van der Waals surface area contributed by atoms with Gasteiger partial charge in [0.1, 0.15) is 0 Å². The number of hydrogen-bond acceptors (Lipinski definition) is 2. The Balaban J connectivity index is 1.06. The topological polar surface area (TPSA) is 32.0 Å². The second kappa shape index (κ2) is 12.1. The van der Waals surface area contributed by atoms with Crippen LogP contribution in [0.1, 0.15) is 41.7 Å². The number of hydrogen-bond donors (Lipinski definition) is 0. The number of benzene rings is 7. The average molecular weight is 654 g/mol. The first-order valence-electron chi connectivity index (χ1n) is 17.4. The Hall–Kier alpha value is -6.63. The third-order valence-electron chi connectivity index (χ3n) is 10.4. The first-order chi connectivity index (χ1) is 25.0. The van der Waals surface area contributed by atoms with Crippen LogP contribution in [-0.4, -0.2) is 4.57 Å². The maximum atomic E-state index is 9.32. The molecule has 0 radical (unpaired) electrons. The molecule has 1 aromatic heterocycles. The summed E-state index contributed by atoms with van der Waals surface area (Å²) in [7, 11) is 0. The SMILES string of the molecule is CC1(C)c2cc(/C=C/c3ccc(N(c4ccccc4)c4ccc(C#N)cc4)cc3)ccc2-c2ccc3c4ccccc4n(-c4ccccc4)c3c21. The number of nitriles is 1. The van der Waals surface area contributed by atoms with Crippen LogP contribution in [0.15, 0.2) is 164 Å². The molecule has 0 atom stereocenters. The maximum Gasteiger partial charge on any atom is 0.0991 e. The van der Waals surface area contributed by atoms with E-state index >= 15 is 0 Å². The van der Waals surface area contributed by atoms with Crippen molar-refractivity contribution in [3.63, 3.8) is 0 Å². The molecule has 3 nitrogen and oxygen atoms in total. The molecule has 1 aliphatic rings. The van der Waals surface area contributed by atoms with Crippen LogP contribution in [0.4, 0.5) is 17.1 Å². The number of nitrogens with zero attached hydrogens (tertiary/aromatic N) is 3. The molecule has 51 heavy (non-hydrogen) atoms. The van der Waals surface area contributed by atoms with Crippen LogP contribution in [0.25, 0.3) is 50.8 Å². The van der Waals surface area contributed by atoms with Gasteiger partial charge in [-0.25, -0.2) is 0 Å². The average Bonchev–Trinajstić information content (AvgIpc) is 3.64. The molecule has 7 aromatic carbocycles. The highest BCUT2D eigenvalue weighted by molar-refractivity contribution is 6.13. The lowest BCUT2D eigenvalue weighted by molar-refractivity contribution is 0.663. The minimum Gasteiger partial charge on any atom is -0.311 e. The molecule has 0 bridgehead atoms. The Morgan fingerprint density at radius 1 is 0.569 bits per heavy atom. The van der Waals surface area contributed by atoms with Crippen LogP contribution in [0.5, 0.6) is 0 Å². The molecular formula is C48H35N3. The standard InChI is InChI=1S/C48H35N3/c1-48(2)44-31-34(18-17-33-19-24-38(25-20-33)50(36-11-5-3-6-12-36)39-26-21-35(32-49)22-27-39)23-28-40(44)42-29-30-43-41-15-9-10-16-45(41)51(47(43)46(42)48)37-13-7-4-8-14-37/h3-31H,1-2H3/b18-17+. The highest BCUT2D eigenvalue weighted by Gasteiger charge is 2.38. The third-order valence-corrected chi connectivity index (χ3v) is 10.4. The fraction of sp³-hybridized carbons (Fsp3) is 0.0625. The van der Waals surface area contributed by atoms with E-state index in [1.807, 2.05) is 42.5 Å². The molecule has 8 aromatic rings. The molecule has 0 aliphatic heterocycles. The second-order valence-electron chi connectivity index (χ2n) is 13.8. The predicted octanol–water partition coefficient (Wildman–Crippen LogP) is 12.6. The molecule has 0 unspecified atom stereocenters. The van der Waals surface area contributed by atoms with Crippen molar-refractivity contribution in [2.24, 2.45) is 0 Å². The number of fused-ring (bicyclic) bond motifs is 7. The van der Waals surface area contributed by atoms with Crippen molar-refractivity contribution in [3.8, 4) is 22.9 Å². The lowest BCUT2D eigenvalue weighted by Crippen LogP contribution is -2.16. The molecule has 0 amide bonds. The Bertz CT molecular complexity index is 2640. The van der Waals surface area contributed by atoms with Crippen molar-refractivity contribution in [1.82, 2.24) is 4.57 Å². The summed E-state index contributed by atoms with van der Waals surface area (Å²) < 4.78 is 2.46. The lowest BCUT2D eigenvalue weighted by Gasteiger charge is -2.25. The highest BCUT2D eigenvalue weighted by atomic mass is 15.1. The predicted molar refractivity (Wildman–Crippen MR) is 213 cm³/mol. The summed E-state index contributed by atoms with van der Waals surface area (Å²) in [5.41, 5.74) is 15.0. The Morgan fingerprint density at radius 3 is 1.88 bits per heavy atom. The molecular weight excluding hydrogens is 619 g/mol. The van der Waals surface area contributed by atoms with Crippen molar-refractivity contribution in [1.29, 1.82) is 5.26 Å². The third kappa shape index (κ3) is 5.04. The molecule has 1 heterocycles. The second-order valence-corrected chi connectivity index (χ2v) is 13.8.